The minimum atomic E-state index is -0.418. The third-order valence-electron chi connectivity index (χ3n) is 4.73. The van der Waals surface area contributed by atoms with Crippen molar-refractivity contribution in [3.8, 4) is 11.5 Å². The van der Waals surface area contributed by atoms with Crippen molar-refractivity contribution in [1.29, 1.82) is 0 Å². The Morgan fingerprint density at radius 3 is 2.53 bits per heavy atom. The van der Waals surface area contributed by atoms with Gasteiger partial charge in [0.15, 0.2) is 11.5 Å². The Hall–Kier alpha value is -3.77. The van der Waals surface area contributed by atoms with E-state index in [-0.39, 0.29) is 5.91 Å². The van der Waals surface area contributed by atoms with Crippen LogP contribution >= 0.6 is 11.6 Å². The van der Waals surface area contributed by atoms with E-state index in [0.717, 1.165) is 17.5 Å². The largest absolute Gasteiger partial charge is 0.493 e. The Labute approximate surface area is 204 Å². The maximum Gasteiger partial charge on any atom is 0.338 e. The first-order chi connectivity index (χ1) is 16.5. The fraction of sp³-hybridized carbons (Fsp3) is 0.185. The SMILES string of the molecule is CCCOC(=O)c1cccc(NC(=O)/C=C/c2ccc(OCc3ccc(Cl)cc3)c(OC)c2)c1. The average Bonchev–Trinajstić information content (AvgIpc) is 2.86. The predicted octanol–water partition coefficient (Wildman–Crippen LogP) is 6.15. The van der Waals surface area contributed by atoms with Crippen molar-refractivity contribution in [3.05, 3.63) is 94.5 Å². The molecule has 0 saturated heterocycles. The Bertz CT molecular complexity index is 1160. The zero-order valence-corrected chi connectivity index (χ0v) is 19.8. The van der Waals surface area contributed by atoms with Gasteiger partial charge < -0.3 is 19.5 Å². The maximum atomic E-state index is 12.4. The highest BCUT2D eigenvalue weighted by molar-refractivity contribution is 6.30. The molecule has 7 heteroatoms. The summed E-state index contributed by atoms with van der Waals surface area (Å²) in [5.74, 6) is 0.390. The van der Waals surface area contributed by atoms with Crippen molar-refractivity contribution in [1.82, 2.24) is 0 Å². The Kier molecular flexibility index (Phi) is 9.12. The number of ether oxygens (including phenoxy) is 3. The van der Waals surface area contributed by atoms with Crippen molar-refractivity contribution in [3.63, 3.8) is 0 Å². The van der Waals surface area contributed by atoms with Gasteiger partial charge in [-0.2, -0.15) is 0 Å². The zero-order chi connectivity index (χ0) is 24.3. The van der Waals surface area contributed by atoms with E-state index >= 15 is 0 Å². The molecule has 0 aliphatic rings. The van der Waals surface area contributed by atoms with E-state index in [9.17, 15) is 9.59 Å². The van der Waals surface area contributed by atoms with E-state index < -0.39 is 5.97 Å². The van der Waals surface area contributed by atoms with Crippen LogP contribution in [0.4, 0.5) is 5.69 Å². The van der Waals surface area contributed by atoms with E-state index in [0.29, 0.717) is 41.0 Å². The van der Waals surface area contributed by atoms with Crippen LogP contribution in [0.5, 0.6) is 11.5 Å². The van der Waals surface area contributed by atoms with Crippen LogP contribution in [-0.2, 0) is 16.1 Å². The van der Waals surface area contributed by atoms with Crippen LogP contribution in [0.2, 0.25) is 5.02 Å². The third kappa shape index (κ3) is 7.39. The van der Waals surface area contributed by atoms with Crippen molar-refractivity contribution in [2.75, 3.05) is 19.0 Å². The highest BCUT2D eigenvalue weighted by Crippen LogP contribution is 2.29. The van der Waals surface area contributed by atoms with Crippen LogP contribution in [0.25, 0.3) is 6.08 Å². The standard InChI is InChI=1S/C27H26ClNO5/c1-3-15-33-27(31)21-5-4-6-23(17-21)29-26(30)14-10-19-9-13-24(25(16-19)32-2)34-18-20-7-11-22(28)12-8-20/h4-14,16-17H,3,15,18H2,1-2H3,(H,29,30)/b14-10+. The number of nitrogens with one attached hydrogen (secondary N) is 1. The number of hydrogen-bond acceptors (Lipinski definition) is 5. The molecule has 0 spiro atoms. The van der Waals surface area contributed by atoms with Gasteiger partial charge in [-0.15, -0.1) is 0 Å². The Balaban J connectivity index is 1.60. The van der Waals surface area contributed by atoms with E-state index in [1.807, 2.05) is 37.3 Å². The molecule has 1 amide bonds. The molecule has 0 fully saturated rings. The molecule has 0 heterocycles. The first-order valence-electron chi connectivity index (χ1n) is 10.8. The topological polar surface area (TPSA) is 73.9 Å². The first-order valence-corrected chi connectivity index (χ1v) is 11.2. The molecule has 1 N–H and O–H groups in total. The summed E-state index contributed by atoms with van der Waals surface area (Å²) in [7, 11) is 1.56. The molecule has 0 aliphatic heterocycles. The average molecular weight is 480 g/mol. The van der Waals surface area contributed by atoms with Gasteiger partial charge >= 0.3 is 5.97 Å². The lowest BCUT2D eigenvalue weighted by Gasteiger charge is -2.11. The number of hydrogen-bond donors (Lipinski definition) is 1. The van der Waals surface area contributed by atoms with E-state index in [2.05, 4.69) is 5.32 Å². The lowest BCUT2D eigenvalue weighted by atomic mass is 10.1. The second kappa shape index (κ2) is 12.5. The van der Waals surface area contributed by atoms with Crippen LogP contribution in [0.15, 0.2) is 72.8 Å². The van der Waals surface area contributed by atoms with Crippen LogP contribution in [0.1, 0.15) is 34.8 Å². The fourth-order valence-electron chi connectivity index (χ4n) is 3.01. The summed E-state index contributed by atoms with van der Waals surface area (Å²) in [5, 5.41) is 3.42. The molecule has 0 aliphatic carbocycles. The molecule has 0 bridgehead atoms. The molecule has 0 unspecified atom stereocenters. The Morgan fingerprint density at radius 1 is 1.00 bits per heavy atom. The molecular weight excluding hydrogens is 454 g/mol. The van der Waals surface area contributed by atoms with Gasteiger partial charge in [-0.3, -0.25) is 4.79 Å². The second-order valence-corrected chi connectivity index (χ2v) is 7.80. The smallest absolute Gasteiger partial charge is 0.338 e. The lowest BCUT2D eigenvalue weighted by molar-refractivity contribution is -0.111. The third-order valence-corrected chi connectivity index (χ3v) is 4.98. The van der Waals surface area contributed by atoms with Gasteiger partial charge in [-0.05, 0) is 66.1 Å². The van der Waals surface area contributed by atoms with Crippen molar-refractivity contribution in [2.45, 2.75) is 20.0 Å². The summed E-state index contributed by atoms with van der Waals surface area (Å²) in [6.07, 6.45) is 3.82. The summed E-state index contributed by atoms with van der Waals surface area (Å²) >= 11 is 5.91. The number of amides is 1. The normalized spacial score (nSPS) is 10.7. The van der Waals surface area contributed by atoms with Gasteiger partial charge in [-0.25, -0.2) is 4.79 Å². The van der Waals surface area contributed by atoms with Gasteiger partial charge in [0.2, 0.25) is 5.91 Å². The molecule has 0 aromatic heterocycles. The van der Waals surface area contributed by atoms with Crippen LogP contribution < -0.4 is 14.8 Å². The first kappa shape index (κ1) is 24.9. The maximum absolute atomic E-state index is 12.4. The highest BCUT2D eigenvalue weighted by atomic mass is 35.5. The summed E-state index contributed by atoms with van der Waals surface area (Å²) in [4.78, 5) is 24.4. The van der Waals surface area contributed by atoms with Gasteiger partial charge in [0.25, 0.3) is 0 Å². The molecule has 176 valence electrons. The molecule has 6 nitrogen and oxygen atoms in total. The summed E-state index contributed by atoms with van der Waals surface area (Å²) in [6.45, 7) is 2.65. The molecule has 0 radical (unpaired) electrons. The van der Waals surface area contributed by atoms with Crippen molar-refractivity contribution < 1.29 is 23.8 Å². The van der Waals surface area contributed by atoms with Gasteiger partial charge in [-0.1, -0.05) is 42.8 Å². The number of carbonyl (C=O) groups excluding carboxylic acids is 2. The number of carbonyl (C=O) groups is 2. The molecule has 0 atom stereocenters. The Morgan fingerprint density at radius 2 is 1.79 bits per heavy atom. The van der Waals surface area contributed by atoms with Crippen LogP contribution in [0, 0.1) is 0 Å². The minimum absolute atomic E-state index is 0.332. The quantitative estimate of drug-likeness (QED) is 0.279. The number of halogens is 1. The number of anilines is 1. The minimum Gasteiger partial charge on any atom is -0.493 e. The molecule has 3 rings (SSSR count). The van der Waals surface area contributed by atoms with Crippen molar-refractivity contribution in [2.24, 2.45) is 0 Å². The van der Waals surface area contributed by atoms with E-state index in [1.165, 1.54) is 6.08 Å². The second-order valence-electron chi connectivity index (χ2n) is 7.36. The molecule has 34 heavy (non-hydrogen) atoms. The van der Waals surface area contributed by atoms with Crippen LogP contribution in [0.3, 0.4) is 0 Å². The highest BCUT2D eigenvalue weighted by Gasteiger charge is 2.09. The monoisotopic (exact) mass is 479 g/mol. The predicted molar refractivity (Wildman–Crippen MR) is 133 cm³/mol. The number of esters is 1. The van der Waals surface area contributed by atoms with E-state index in [4.69, 9.17) is 25.8 Å². The lowest BCUT2D eigenvalue weighted by Crippen LogP contribution is -2.10. The zero-order valence-electron chi connectivity index (χ0n) is 19.0. The summed E-state index contributed by atoms with van der Waals surface area (Å²) in [6, 6.07) is 19.4. The molecular formula is C27H26ClNO5. The van der Waals surface area contributed by atoms with Gasteiger partial charge in [0.1, 0.15) is 6.61 Å². The summed E-state index contributed by atoms with van der Waals surface area (Å²) < 4.78 is 16.4. The van der Waals surface area contributed by atoms with E-state index in [1.54, 1.807) is 49.6 Å². The molecule has 0 saturated carbocycles. The van der Waals surface area contributed by atoms with Crippen molar-refractivity contribution >= 4 is 35.2 Å². The molecule has 3 aromatic carbocycles. The molecule has 3 aromatic rings. The van der Waals surface area contributed by atoms with Gasteiger partial charge in [0, 0.05) is 16.8 Å². The summed E-state index contributed by atoms with van der Waals surface area (Å²) in [5.41, 5.74) is 2.64. The fourth-order valence-corrected chi connectivity index (χ4v) is 3.13. The van der Waals surface area contributed by atoms with Crippen LogP contribution in [-0.4, -0.2) is 25.6 Å². The number of rotatable bonds is 10. The van der Waals surface area contributed by atoms with Gasteiger partial charge in [0.05, 0.1) is 19.3 Å². The number of benzene rings is 3. The number of methoxy groups -OCH3 is 1.